The van der Waals surface area contributed by atoms with Gasteiger partial charge in [0.05, 0.1) is 11.5 Å². The summed E-state index contributed by atoms with van der Waals surface area (Å²) in [6.45, 7) is 1.14. The second kappa shape index (κ2) is 7.13. The Bertz CT molecular complexity index is 999. The van der Waals surface area contributed by atoms with Crippen molar-refractivity contribution < 1.29 is 4.79 Å². The number of nitrogens with zero attached hydrogens (tertiary/aromatic N) is 2. The van der Waals surface area contributed by atoms with Crippen LogP contribution in [0.25, 0.3) is 10.8 Å². The zero-order chi connectivity index (χ0) is 18.7. The molecule has 0 aliphatic carbocycles. The quantitative estimate of drug-likeness (QED) is 0.709. The third kappa shape index (κ3) is 3.37. The average molecular weight is 355 g/mol. The minimum Gasteiger partial charge on any atom is -0.324 e. The number of nitriles is 1. The van der Waals surface area contributed by atoms with Crippen molar-refractivity contribution in [2.24, 2.45) is 0 Å². The number of carbonyl (C=O) groups is 1. The van der Waals surface area contributed by atoms with Gasteiger partial charge < -0.3 is 10.2 Å². The highest BCUT2D eigenvalue weighted by atomic mass is 16.2. The molecule has 4 nitrogen and oxygen atoms in total. The third-order valence-corrected chi connectivity index (χ3v) is 5.45. The molecule has 0 bridgehead atoms. The molecule has 0 unspecified atom stereocenters. The van der Waals surface area contributed by atoms with Crippen molar-refractivity contribution in [3.05, 3.63) is 78.4 Å². The summed E-state index contributed by atoms with van der Waals surface area (Å²) in [6.07, 6.45) is 1.30. The number of carbonyl (C=O) groups excluding carboxylic acids is 1. The van der Waals surface area contributed by atoms with Gasteiger partial charge in [-0.1, -0.05) is 60.7 Å². The molecule has 3 aromatic rings. The Kier molecular flexibility index (Phi) is 4.52. The lowest BCUT2D eigenvalue weighted by Gasteiger charge is -2.37. The fraction of sp³-hybridized carbons (Fsp3) is 0.217. The summed E-state index contributed by atoms with van der Waals surface area (Å²) >= 11 is 0. The predicted molar refractivity (Wildman–Crippen MR) is 108 cm³/mol. The van der Waals surface area contributed by atoms with Crippen LogP contribution in [0.3, 0.4) is 0 Å². The molecule has 0 saturated carbocycles. The van der Waals surface area contributed by atoms with Crippen molar-refractivity contribution in [2.75, 3.05) is 18.4 Å². The average Bonchev–Trinajstić information content (AvgIpc) is 2.74. The van der Waals surface area contributed by atoms with E-state index >= 15 is 0 Å². The fourth-order valence-corrected chi connectivity index (χ4v) is 3.78. The molecule has 1 saturated heterocycles. The second-order valence-corrected chi connectivity index (χ2v) is 7.04. The molecule has 2 amide bonds. The van der Waals surface area contributed by atoms with E-state index in [2.05, 4.69) is 17.5 Å². The van der Waals surface area contributed by atoms with Crippen LogP contribution in [-0.4, -0.2) is 24.0 Å². The van der Waals surface area contributed by atoms with Crippen molar-refractivity contribution in [3.63, 3.8) is 0 Å². The van der Waals surface area contributed by atoms with Gasteiger partial charge >= 0.3 is 6.03 Å². The number of benzene rings is 3. The lowest BCUT2D eigenvalue weighted by molar-refractivity contribution is 0.183. The smallest absolute Gasteiger partial charge is 0.321 e. The molecule has 0 aromatic heterocycles. The maximum atomic E-state index is 12.7. The van der Waals surface area contributed by atoms with Crippen LogP contribution in [0.2, 0.25) is 0 Å². The molecule has 27 heavy (non-hydrogen) atoms. The van der Waals surface area contributed by atoms with Gasteiger partial charge in [0, 0.05) is 18.8 Å². The maximum absolute atomic E-state index is 12.7. The largest absolute Gasteiger partial charge is 0.324 e. The van der Waals surface area contributed by atoms with E-state index in [1.165, 1.54) is 0 Å². The normalized spacial score (nSPS) is 15.9. The Hall–Kier alpha value is -3.32. The van der Waals surface area contributed by atoms with Gasteiger partial charge in [-0.3, -0.25) is 0 Å². The molecule has 0 spiro atoms. The van der Waals surface area contributed by atoms with Crippen molar-refractivity contribution >= 4 is 22.5 Å². The van der Waals surface area contributed by atoms with Gasteiger partial charge in [0.15, 0.2) is 0 Å². The number of hydrogen-bond donors (Lipinski definition) is 1. The summed E-state index contributed by atoms with van der Waals surface area (Å²) in [5, 5.41) is 15.0. The Morgan fingerprint density at radius 3 is 2.30 bits per heavy atom. The molecule has 3 aromatic carbocycles. The molecule has 0 atom stereocenters. The highest BCUT2D eigenvalue weighted by Gasteiger charge is 2.37. The second-order valence-electron chi connectivity index (χ2n) is 7.04. The summed E-state index contributed by atoms with van der Waals surface area (Å²) in [5.74, 6) is 0. The van der Waals surface area contributed by atoms with Gasteiger partial charge in [-0.05, 0) is 41.3 Å². The number of fused-ring (bicyclic) bond motifs is 1. The number of urea groups is 1. The van der Waals surface area contributed by atoms with Crippen LogP contribution in [0.1, 0.15) is 18.4 Å². The Morgan fingerprint density at radius 1 is 0.926 bits per heavy atom. The molecule has 134 valence electrons. The minimum atomic E-state index is -0.499. The van der Waals surface area contributed by atoms with E-state index in [1.807, 2.05) is 66.7 Å². The van der Waals surface area contributed by atoms with E-state index in [0.717, 1.165) is 22.0 Å². The van der Waals surface area contributed by atoms with Gasteiger partial charge in [0.2, 0.25) is 0 Å². The van der Waals surface area contributed by atoms with Crippen LogP contribution in [0, 0.1) is 11.3 Å². The van der Waals surface area contributed by atoms with E-state index in [9.17, 15) is 10.1 Å². The van der Waals surface area contributed by atoms with Crippen LogP contribution >= 0.6 is 0 Å². The van der Waals surface area contributed by atoms with Gasteiger partial charge in [-0.25, -0.2) is 4.79 Å². The molecule has 1 aliphatic rings. The SMILES string of the molecule is N#CC1(c2ccccc2)CCN(C(=O)Nc2ccc3ccccc3c2)CC1. The number of piperidine rings is 1. The Balaban J connectivity index is 1.44. The van der Waals surface area contributed by atoms with Crippen molar-refractivity contribution in [1.82, 2.24) is 4.90 Å². The summed E-state index contributed by atoms with van der Waals surface area (Å²) in [4.78, 5) is 14.5. The summed E-state index contributed by atoms with van der Waals surface area (Å²) < 4.78 is 0. The first-order valence-electron chi connectivity index (χ1n) is 9.22. The van der Waals surface area contributed by atoms with Gasteiger partial charge in [-0.2, -0.15) is 5.26 Å². The number of rotatable bonds is 2. The van der Waals surface area contributed by atoms with Gasteiger partial charge in [-0.15, -0.1) is 0 Å². The highest BCUT2D eigenvalue weighted by molar-refractivity contribution is 5.93. The first-order chi connectivity index (χ1) is 13.2. The standard InChI is InChI=1S/C23H21N3O/c24-17-23(20-8-2-1-3-9-20)12-14-26(15-13-23)22(27)25-21-11-10-18-6-4-5-7-19(18)16-21/h1-11,16H,12-15H2,(H,25,27). The number of nitrogens with one attached hydrogen (secondary N) is 1. The van der Waals surface area contributed by atoms with Crippen molar-refractivity contribution in [3.8, 4) is 6.07 Å². The van der Waals surface area contributed by atoms with Gasteiger partial charge in [0.25, 0.3) is 0 Å². The molecule has 1 aliphatic heterocycles. The first-order valence-corrected chi connectivity index (χ1v) is 9.22. The molecule has 1 heterocycles. The summed E-state index contributed by atoms with van der Waals surface area (Å²) in [6, 6.07) is 26.3. The van der Waals surface area contributed by atoms with E-state index in [1.54, 1.807) is 4.90 Å². The molecular formula is C23H21N3O. The highest BCUT2D eigenvalue weighted by Crippen LogP contribution is 2.35. The zero-order valence-electron chi connectivity index (χ0n) is 15.1. The minimum absolute atomic E-state index is 0.107. The molecule has 4 heteroatoms. The van der Waals surface area contributed by atoms with Crippen LogP contribution in [-0.2, 0) is 5.41 Å². The van der Waals surface area contributed by atoms with E-state index < -0.39 is 5.41 Å². The molecule has 0 radical (unpaired) electrons. The van der Waals surface area contributed by atoms with Gasteiger partial charge in [0.1, 0.15) is 0 Å². The number of amides is 2. The van der Waals surface area contributed by atoms with Crippen LogP contribution in [0.4, 0.5) is 10.5 Å². The lowest BCUT2D eigenvalue weighted by Crippen LogP contribution is -2.46. The molecule has 4 rings (SSSR count). The van der Waals surface area contributed by atoms with E-state index in [-0.39, 0.29) is 6.03 Å². The molecule has 1 fully saturated rings. The summed E-state index contributed by atoms with van der Waals surface area (Å²) in [5.41, 5.74) is 1.34. The molecular weight excluding hydrogens is 334 g/mol. The third-order valence-electron chi connectivity index (χ3n) is 5.45. The number of hydrogen-bond acceptors (Lipinski definition) is 2. The van der Waals surface area contributed by atoms with Crippen LogP contribution < -0.4 is 5.32 Å². The van der Waals surface area contributed by atoms with Crippen molar-refractivity contribution in [1.29, 1.82) is 5.26 Å². The predicted octanol–water partition coefficient (Wildman–Crippen LogP) is 4.93. The fourth-order valence-electron chi connectivity index (χ4n) is 3.78. The van der Waals surface area contributed by atoms with Crippen LogP contribution in [0.15, 0.2) is 72.8 Å². The zero-order valence-corrected chi connectivity index (χ0v) is 15.1. The first kappa shape index (κ1) is 17.1. The maximum Gasteiger partial charge on any atom is 0.321 e. The van der Waals surface area contributed by atoms with Crippen LogP contribution in [0.5, 0.6) is 0 Å². The van der Waals surface area contributed by atoms with Crippen molar-refractivity contribution in [2.45, 2.75) is 18.3 Å². The topological polar surface area (TPSA) is 56.1 Å². The molecule has 1 N–H and O–H groups in total. The monoisotopic (exact) mass is 355 g/mol. The van der Waals surface area contributed by atoms with E-state index in [0.29, 0.717) is 25.9 Å². The Morgan fingerprint density at radius 2 is 1.59 bits per heavy atom. The van der Waals surface area contributed by atoms with E-state index in [4.69, 9.17) is 0 Å². The number of likely N-dealkylation sites (tertiary alicyclic amines) is 1. The lowest BCUT2D eigenvalue weighted by atomic mass is 9.74. The number of anilines is 1. The Labute approximate surface area is 159 Å². The summed E-state index contributed by atoms with van der Waals surface area (Å²) in [7, 11) is 0.